The van der Waals surface area contributed by atoms with E-state index in [1.807, 2.05) is 0 Å². The van der Waals surface area contributed by atoms with E-state index < -0.39 is 17.9 Å². The van der Waals surface area contributed by atoms with E-state index in [2.05, 4.69) is 4.98 Å². The van der Waals surface area contributed by atoms with Gasteiger partial charge in [0.2, 0.25) is 0 Å². The predicted molar refractivity (Wildman–Crippen MR) is 110 cm³/mol. The lowest BCUT2D eigenvalue weighted by molar-refractivity contribution is -0.323. The van der Waals surface area contributed by atoms with E-state index in [0.717, 1.165) is 6.26 Å². The average Bonchev–Trinajstić information content (AvgIpc) is 3.15. The number of aromatic nitrogens is 1. The molecule has 2 aromatic carbocycles. The molecule has 2 amide bonds. The van der Waals surface area contributed by atoms with Crippen LogP contribution in [0.4, 0.5) is 0 Å². The molecule has 4 aromatic rings. The van der Waals surface area contributed by atoms with E-state index >= 15 is 0 Å². The first-order chi connectivity index (χ1) is 15.2. The summed E-state index contributed by atoms with van der Waals surface area (Å²) < 4.78 is 16.5. The Balaban J connectivity index is 1.70. The van der Waals surface area contributed by atoms with Crippen LogP contribution in [0.3, 0.4) is 0 Å². The number of benzene rings is 2. The average molecular weight is 439 g/mol. The molecule has 32 heavy (non-hydrogen) atoms. The highest BCUT2D eigenvalue weighted by molar-refractivity contribution is 6.06. The third-order valence-corrected chi connectivity index (χ3v) is 4.59. The number of ether oxygens (including phenoxy) is 2. The van der Waals surface area contributed by atoms with Crippen LogP contribution in [0.25, 0.3) is 21.9 Å². The third-order valence-electron chi connectivity index (χ3n) is 4.59. The molecule has 0 aliphatic carbocycles. The number of methoxy groups -OCH3 is 1. The lowest BCUT2D eigenvalue weighted by atomic mass is 10.1. The topological polar surface area (TPSA) is 177 Å². The number of carbonyl (C=O) groups is 2. The molecule has 0 saturated carbocycles. The van der Waals surface area contributed by atoms with Crippen molar-refractivity contribution in [3.8, 4) is 17.2 Å². The minimum absolute atomic E-state index is 0.0272. The fraction of sp³-hybridized carbons (Fsp3) is 0.0952. The first-order valence-corrected chi connectivity index (χ1v) is 9.11. The normalized spacial score (nSPS) is 11.5. The zero-order chi connectivity index (χ0) is 23.0. The van der Waals surface area contributed by atoms with E-state index in [-0.39, 0.29) is 22.5 Å². The van der Waals surface area contributed by atoms with Gasteiger partial charge in [-0.25, -0.2) is 0 Å². The van der Waals surface area contributed by atoms with Crippen molar-refractivity contribution in [2.45, 2.75) is 6.10 Å². The van der Waals surface area contributed by atoms with Crippen LogP contribution in [-0.2, 0) is 0 Å². The van der Waals surface area contributed by atoms with Gasteiger partial charge in [0.05, 0.1) is 23.8 Å². The smallest absolute Gasteiger partial charge is 0.369 e. The van der Waals surface area contributed by atoms with Gasteiger partial charge in [-0.15, -0.1) is 0 Å². The molecule has 0 spiro atoms. The van der Waals surface area contributed by atoms with Crippen LogP contribution in [0.15, 0.2) is 53.3 Å². The second kappa shape index (κ2) is 7.81. The number of hydrogen-bond donors (Lipinski definition) is 5. The molecule has 2 aromatic heterocycles. The summed E-state index contributed by atoms with van der Waals surface area (Å²) in [5.41, 5.74) is 6.37. The minimum atomic E-state index is -3.36. The van der Waals surface area contributed by atoms with E-state index in [1.54, 1.807) is 23.5 Å². The van der Waals surface area contributed by atoms with Crippen molar-refractivity contribution in [2.75, 3.05) is 7.11 Å². The highest BCUT2D eigenvalue weighted by Gasteiger charge is 2.25. The molecule has 0 aliphatic heterocycles. The minimum Gasteiger partial charge on any atom is -0.496 e. The van der Waals surface area contributed by atoms with Gasteiger partial charge in [0, 0.05) is 29.1 Å². The molecule has 0 radical (unpaired) electrons. The summed E-state index contributed by atoms with van der Waals surface area (Å²) in [6.45, 7) is 0. The van der Waals surface area contributed by atoms with Gasteiger partial charge < -0.3 is 34.9 Å². The number of amides is 2. The maximum absolute atomic E-state index is 12.1. The van der Waals surface area contributed by atoms with E-state index in [9.17, 15) is 9.59 Å². The number of nitrogens with two attached hydrogens (primary N) is 1. The van der Waals surface area contributed by atoms with Crippen LogP contribution in [0.5, 0.6) is 17.2 Å². The molecule has 164 valence electrons. The van der Waals surface area contributed by atoms with Crippen molar-refractivity contribution in [3.63, 3.8) is 0 Å². The highest BCUT2D eigenvalue weighted by atomic mass is 16.7. The number of aliphatic hydroxyl groups is 3. The van der Waals surface area contributed by atoms with Crippen molar-refractivity contribution in [1.29, 1.82) is 0 Å². The molecule has 0 saturated heterocycles. The Labute approximate surface area is 179 Å². The standard InChI is InChI=1S/C21H17N3O8/c1-30-17-8-15-12(7-13(17)19(22)25)16(4-5-23-15)32-10-2-3-11-14(9-31-18(11)6-10)20(26)24-21(27,28)29/h2-9,27-29H,1H3,(H2,22,25)(H,24,26). The Hall–Kier alpha value is -4.19. The monoisotopic (exact) mass is 439 g/mol. The van der Waals surface area contributed by atoms with Gasteiger partial charge in [-0.3, -0.25) is 19.9 Å². The Bertz CT molecular complexity index is 1360. The summed E-state index contributed by atoms with van der Waals surface area (Å²) in [6, 6.07) is 9.31. The Kier molecular flexibility index (Phi) is 5.14. The first-order valence-electron chi connectivity index (χ1n) is 9.11. The third kappa shape index (κ3) is 4.03. The van der Waals surface area contributed by atoms with Crippen molar-refractivity contribution in [3.05, 3.63) is 60.0 Å². The van der Waals surface area contributed by atoms with Gasteiger partial charge in [0.25, 0.3) is 11.8 Å². The van der Waals surface area contributed by atoms with Crippen LogP contribution in [-0.4, -0.2) is 45.3 Å². The molecular formula is C21H17N3O8. The summed E-state index contributed by atoms with van der Waals surface area (Å²) in [6.07, 6.45) is -0.735. The van der Waals surface area contributed by atoms with Crippen molar-refractivity contribution >= 4 is 33.7 Å². The first kappa shape index (κ1) is 21.1. The molecule has 0 atom stereocenters. The Morgan fingerprint density at radius 1 is 1.06 bits per heavy atom. The molecular weight excluding hydrogens is 422 g/mol. The number of hydrogen-bond acceptors (Lipinski definition) is 9. The maximum Gasteiger partial charge on any atom is 0.369 e. The molecule has 4 rings (SSSR count). The van der Waals surface area contributed by atoms with Crippen LogP contribution in [0, 0.1) is 0 Å². The number of fused-ring (bicyclic) bond motifs is 2. The SMILES string of the molecule is COc1cc2nccc(Oc3ccc4c(C(=O)NC(O)(O)O)coc4c3)c2cc1C(N)=O. The fourth-order valence-electron chi connectivity index (χ4n) is 3.19. The Morgan fingerprint density at radius 2 is 1.84 bits per heavy atom. The van der Waals surface area contributed by atoms with Gasteiger partial charge in [-0.05, 0) is 24.3 Å². The molecule has 0 fully saturated rings. The predicted octanol–water partition coefficient (Wildman–Crippen LogP) is 1.20. The second-order valence-electron chi connectivity index (χ2n) is 6.74. The fourth-order valence-corrected chi connectivity index (χ4v) is 3.19. The second-order valence-corrected chi connectivity index (χ2v) is 6.74. The summed E-state index contributed by atoms with van der Waals surface area (Å²) in [7, 11) is 1.42. The van der Waals surface area contributed by atoms with Gasteiger partial charge in [-0.1, -0.05) is 0 Å². The number of nitrogens with zero attached hydrogens (tertiary/aromatic N) is 1. The lowest BCUT2D eigenvalue weighted by Gasteiger charge is -2.14. The van der Waals surface area contributed by atoms with Crippen LogP contribution >= 0.6 is 0 Å². The molecule has 0 unspecified atom stereocenters. The molecule has 2 heterocycles. The molecule has 11 heteroatoms. The highest BCUT2D eigenvalue weighted by Crippen LogP contribution is 2.34. The summed E-state index contributed by atoms with van der Waals surface area (Å²) in [5.74, 6) is -0.606. The number of pyridine rings is 1. The maximum atomic E-state index is 12.1. The van der Waals surface area contributed by atoms with Crippen LogP contribution in [0.1, 0.15) is 20.7 Å². The van der Waals surface area contributed by atoms with Gasteiger partial charge in [0.1, 0.15) is 29.1 Å². The van der Waals surface area contributed by atoms with Gasteiger partial charge in [-0.2, -0.15) is 0 Å². The van der Waals surface area contributed by atoms with Crippen LogP contribution in [0.2, 0.25) is 0 Å². The zero-order valence-corrected chi connectivity index (χ0v) is 16.5. The summed E-state index contributed by atoms with van der Waals surface area (Å²) in [5, 5.41) is 29.2. The molecule has 6 N–H and O–H groups in total. The van der Waals surface area contributed by atoms with Gasteiger partial charge >= 0.3 is 6.10 Å². The van der Waals surface area contributed by atoms with Crippen molar-refractivity contribution < 1.29 is 38.8 Å². The molecule has 0 aliphatic rings. The number of primary amides is 1. The number of nitrogens with one attached hydrogen (secondary N) is 1. The number of furan rings is 1. The molecule has 11 nitrogen and oxygen atoms in total. The van der Waals surface area contributed by atoms with E-state index in [4.69, 9.17) is 34.9 Å². The summed E-state index contributed by atoms with van der Waals surface area (Å²) in [4.78, 5) is 28.1. The van der Waals surface area contributed by atoms with E-state index in [0.29, 0.717) is 27.8 Å². The lowest BCUT2D eigenvalue weighted by Crippen LogP contribution is -2.48. The molecule has 0 bridgehead atoms. The number of rotatable bonds is 6. The Morgan fingerprint density at radius 3 is 2.53 bits per heavy atom. The number of carbonyl (C=O) groups excluding carboxylic acids is 2. The van der Waals surface area contributed by atoms with Gasteiger partial charge in [0.15, 0.2) is 0 Å². The quantitative estimate of drug-likeness (QED) is 0.276. The van der Waals surface area contributed by atoms with Crippen molar-refractivity contribution in [1.82, 2.24) is 10.3 Å². The van der Waals surface area contributed by atoms with Crippen LogP contribution < -0.4 is 20.5 Å². The van der Waals surface area contributed by atoms with Crippen molar-refractivity contribution in [2.24, 2.45) is 5.73 Å². The zero-order valence-electron chi connectivity index (χ0n) is 16.5. The van der Waals surface area contributed by atoms with E-state index in [1.165, 1.54) is 31.5 Å². The summed E-state index contributed by atoms with van der Waals surface area (Å²) >= 11 is 0. The largest absolute Gasteiger partial charge is 0.496 e.